The Balaban J connectivity index is 2.48. The van der Waals surface area contributed by atoms with Gasteiger partial charge in [0.1, 0.15) is 4.90 Å². The second-order valence-corrected chi connectivity index (χ2v) is 6.32. The van der Waals surface area contributed by atoms with E-state index >= 15 is 0 Å². The van der Waals surface area contributed by atoms with Crippen molar-refractivity contribution in [3.05, 3.63) is 52.3 Å². The molecule has 0 atom stereocenters. The number of hydrogen-bond acceptors (Lipinski definition) is 4. The van der Waals surface area contributed by atoms with E-state index in [1.165, 1.54) is 30.5 Å². The number of carboxylic acid groups (broad SMARTS) is 1. The van der Waals surface area contributed by atoms with Gasteiger partial charge in [-0.25, -0.2) is 13.2 Å². The highest BCUT2D eigenvalue weighted by atomic mass is 35.5. The molecule has 2 rings (SSSR count). The van der Waals surface area contributed by atoms with Gasteiger partial charge in [-0.15, -0.1) is 0 Å². The molecule has 21 heavy (non-hydrogen) atoms. The highest BCUT2D eigenvalue weighted by Crippen LogP contribution is 2.30. The molecule has 1 aromatic heterocycles. The Hall–Kier alpha value is -1.83. The summed E-state index contributed by atoms with van der Waals surface area (Å²) in [5, 5.41) is 8.95. The van der Waals surface area contributed by atoms with Crippen LogP contribution in [0.3, 0.4) is 0 Å². The molecule has 0 aliphatic heterocycles. The molecule has 0 unspecified atom stereocenters. The molecule has 0 fully saturated rings. The van der Waals surface area contributed by atoms with Crippen molar-refractivity contribution in [1.29, 1.82) is 0 Å². The third-order valence-electron chi connectivity index (χ3n) is 2.50. The highest BCUT2D eigenvalue weighted by Gasteiger charge is 2.22. The topological polar surface area (TPSA) is 96.4 Å². The first-order chi connectivity index (χ1) is 9.83. The van der Waals surface area contributed by atoms with Crippen molar-refractivity contribution >= 4 is 44.9 Å². The van der Waals surface area contributed by atoms with E-state index in [1.54, 1.807) is 0 Å². The van der Waals surface area contributed by atoms with Gasteiger partial charge in [0.15, 0.2) is 0 Å². The van der Waals surface area contributed by atoms with Gasteiger partial charge in [-0.1, -0.05) is 29.3 Å². The number of sulfonamides is 1. The second-order valence-electron chi connectivity index (χ2n) is 3.88. The molecule has 2 N–H and O–H groups in total. The van der Waals surface area contributed by atoms with Crippen LogP contribution < -0.4 is 4.72 Å². The van der Waals surface area contributed by atoms with Gasteiger partial charge in [-0.05, 0) is 18.2 Å². The second kappa shape index (κ2) is 5.88. The number of nitrogens with zero attached hydrogens (tertiary/aromatic N) is 1. The summed E-state index contributed by atoms with van der Waals surface area (Å²) >= 11 is 11.6. The van der Waals surface area contributed by atoms with Crippen LogP contribution in [0.4, 0.5) is 5.69 Å². The van der Waals surface area contributed by atoms with Crippen LogP contribution in [-0.2, 0) is 10.0 Å². The number of benzene rings is 1. The van der Waals surface area contributed by atoms with Gasteiger partial charge >= 0.3 is 5.97 Å². The van der Waals surface area contributed by atoms with Crippen LogP contribution in [0.25, 0.3) is 0 Å². The van der Waals surface area contributed by atoms with Crippen LogP contribution in [0.15, 0.2) is 41.6 Å². The van der Waals surface area contributed by atoms with Crippen molar-refractivity contribution in [2.75, 3.05) is 4.72 Å². The molecule has 0 amide bonds. The van der Waals surface area contributed by atoms with Gasteiger partial charge < -0.3 is 5.11 Å². The van der Waals surface area contributed by atoms with Gasteiger partial charge in [0.05, 0.1) is 27.5 Å². The number of hydrogen-bond donors (Lipinski definition) is 2. The fourth-order valence-corrected chi connectivity index (χ4v) is 3.38. The van der Waals surface area contributed by atoms with E-state index < -0.39 is 16.0 Å². The molecule has 1 aromatic carbocycles. The largest absolute Gasteiger partial charge is 0.478 e. The number of aromatic carboxylic acids is 1. The molecule has 0 aliphatic carbocycles. The summed E-state index contributed by atoms with van der Waals surface area (Å²) in [5.74, 6) is -1.28. The minimum absolute atomic E-state index is 0.0733. The fraction of sp³-hybridized carbons (Fsp3) is 0. The van der Waals surface area contributed by atoms with Crippen LogP contribution >= 0.6 is 23.2 Å². The maximum Gasteiger partial charge on any atom is 0.337 e. The molecule has 6 nitrogen and oxygen atoms in total. The van der Waals surface area contributed by atoms with Crippen LogP contribution in [0.5, 0.6) is 0 Å². The number of halogens is 2. The van der Waals surface area contributed by atoms with E-state index in [0.717, 1.165) is 6.20 Å². The molecular weight excluding hydrogens is 339 g/mol. The molecule has 0 spiro atoms. The van der Waals surface area contributed by atoms with Gasteiger partial charge in [0.25, 0.3) is 10.0 Å². The standard InChI is InChI=1S/C12H8Cl2N2O4S/c13-8-2-1-3-10(11(8)14)21(19,20)16-9-6-15-5-4-7(9)12(17)18/h1-6,16H,(H,17,18). The van der Waals surface area contributed by atoms with E-state index in [-0.39, 0.29) is 26.2 Å². The molecule has 0 saturated heterocycles. The summed E-state index contributed by atoms with van der Waals surface area (Å²) < 4.78 is 26.7. The molecule has 110 valence electrons. The van der Waals surface area contributed by atoms with E-state index in [1.807, 2.05) is 0 Å². The minimum atomic E-state index is -4.09. The zero-order valence-electron chi connectivity index (χ0n) is 10.2. The summed E-state index contributed by atoms with van der Waals surface area (Å²) in [4.78, 5) is 14.5. The molecular formula is C12H8Cl2N2O4S. The van der Waals surface area contributed by atoms with Gasteiger partial charge in [0.2, 0.25) is 0 Å². The molecule has 0 aliphatic rings. The Bertz CT molecular complexity index is 809. The van der Waals surface area contributed by atoms with Crippen molar-refractivity contribution in [3.63, 3.8) is 0 Å². The number of carbonyl (C=O) groups is 1. The normalized spacial score (nSPS) is 11.1. The van der Waals surface area contributed by atoms with E-state index in [0.29, 0.717) is 0 Å². The highest BCUT2D eigenvalue weighted by molar-refractivity contribution is 7.92. The third-order valence-corrected chi connectivity index (χ3v) is 4.84. The van der Waals surface area contributed by atoms with E-state index in [9.17, 15) is 13.2 Å². The van der Waals surface area contributed by atoms with Crippen molar-refractivity contribution in [1.82, 2.24) is 4.98 Å². The number of nitrogens with one attached hydrogen (secondary N) is 1. The zero-order valence-corrected chi connectivity index (χ0v) is 12.6. The SMILES string of the molecule is O=C(O)c1ccncc1NS(=O)(=O)c1cccc(Cl)c1Cl. The summed E-state index contributed by atoms with van der Waals surface area (Å²) in [6, 6.07) is 5.30. The molecule has 0 radical (unpaired) electrons. The van der Waals surface area contributed by atoms with Crippen LogP contribution in [-0.4, -0.2) is 24.5 Å². The Labute approximate surface area is 130 Å². The van der Waals surface area contributed by atoms with Crippen molar-refractivity contribution in [2.24, 2.45) is 0 Å². The number of anilines is 1. The first kappa shape index (κ1) is 15.6. The maximum atomic E-state index is 12.3. The van der Waals surface area contributed by atoms with E-state index in [4.69, 9.17) is 28.3 Å². The monoisotopic (exact) mass is 346 g/mol. The summed E-state index contributed by atoms with van der Waals surface area (Å²) in [5.41, 5.74) is -0.396. The lowest BCUT2D eigenvalue weighted by Crippen LogP contribution is -2.16. The third kappa shape index (κ3) is 3.26. The van der Waals surface area contributed by atoms with Crippen molar-refractivity contribution in [3.8, 4) is 0 Å². The summed E-state index contributed by atoms with van der Waals surface area (Å²) in [6.45, 7) is 0. The Kier molecular flexibility index (Phi) is 4.36. The van der Waals surface area contributed by atoms with Gasteiger partial charge in [-0.3, -0.25) is 9.71 Å². The number of carboxylic acids is 1. The fourth-order valence-electron chi connectivity index (χ4n) is 1.55. The average molecular weight is 347 g/mol. The molecule has 2 aromatic rings. The minimum Gasteiger partial charge on any atom is -0.478 e. The van der Waals surface area contributed by atoms with E-state index in [2.05, 4.69) is 9.71 Å². The average Bonchev–Trinajstić information content (AvgIpc) is 2.41. The Morgan fingerprint density at radius 2 is 1.95 bits per heavy atom. The number of rotatable bonds is 4. The van der Waals surface area contributed by atoms with Gasteiger partial charge in [-0.2, -0.15) is 0 Å². The molecule has 9 heteroatoms. The van der Waals surface area contributed by atoms with Gasteiger partial charge in [0, 0.05) is 6.20 Å². The number of aromatic nitrogens is 1. The summed E-state index contributed by atoms with van der Waals surface area (Å²) in [6.07, 6.45) is 2.34. The Morgan fingerprint density at radius 3 is 2.62 bits per heavy atom. The lowest BCUT2D eigenvalue weighted by atomic mass is 10.2. The quantitative estimate of drug-likeness (QED) is 0.887. The predicted octanol–water partition coefficient (Wildman–Crippen LogP) is 2.89. The molecule has 1 heterocycles. The van der Waals surface area contributed by atoms with Crippen LogP contribution in [0.1, 0.15) is 10.4 Å². The first-order valence-electron chi connectivity index (χ1n) is 5.47. The van der Waals surface area contributed by atoms with Crippen molar-refractivity contribution in [2.45, 2.75) is 4.90 Å². The lowest BCUT2D eigenvalue weighted by molar-refractivity contribution is 0.0698. The smallest absolute Gasteiger partial charge is 0.337 e. The predicted molar refractivity (Wildman–Crippen MR) is 78.5 cm³/mol. The first-order valence-corrected chi connectivity index (χ1v) is 7.71. The maximum absolute atomic E-state index is 12.3. The van der Waals surface area contributed by atoms with Crippen LogP contribution in [0, 0.1) is 0 Å². The van der Waals surface area contributed by atoms with Crippen LogP contribution in [0.2, 0.25) is 10.0 Å². The molecule has 0 bridgehead atoms. The lowest BCUT2D eigenvalue weighted by Gasteiger charge is -2.11. The Morgan fingerprint density at radius 1 is 1.24 bits per heavy atom. The summed E-state index contributed by atoms with van der Waals surface area (Å²) in [7, 11) is -4.09. The number of pyridine rings is 1. The zero-order chi connectivity index (χ0) is 15.6. The van der Waals surface area contributed by atoms with Crippen molar-refractivity contribution < 1.29 is 18.3 Å². The molecule has 0 saturated carbocycles.